The summed E-state index contributed by atoms with van der Waals surface area (Å²) in [6, 6.07) is 6.23. The Balaban J connectivity index is 2.42. The molecule has 6 heteroatoms. The maximum atomic E-state index is 10.9. The Labute approximate surface area is 110 Å². The van der Waals surface area contributed by atoms with Gasteiger partial charge in [-0.15, -0.1) is 0 Å². The fourth-order valence-electron chi connectivity index (χ4n) is 1.80. The van der Waals surface area contributed by atoms with Crippen molar-refractivity contribution in [2.75, 3.05) is 7.11 Å². The summed E-state index contributed by atoms with van der Waals surface area (Å²) in [4.78, 5) is 18.0. The number of aromatic amines is 1. The Bertz CT molecular complexity index is 607. The number of aryl methyl sites for hydroxylation is 1. The second kappa shape index (κ2) is 5.11. The Morgan fingerprint density at radius 3 is 2.89 bits per heavy atom. The van der Waals surface area contributed by atoms with Crippen molar-refractivity contribution < 1.29 is 14.6 Å². The van der Waals surface area contributed by atoms with Crippen LogP contribution in [0, 0.1) is 6.92 Å². The molecule has 0 aliphatic heterocycles. The number of carbonyl (C=O) groups is 1. The standard InChI is InChI=1S/C13H15N3O3/c1-7-11(8-4-3-5-9(6-8)19-2)16-12(15-7)10(14)13(17)18/h3-6,10H,14H2,1-2H3,(H,15,16)(H,17,18). The van der Waals surface area contributed by atoms with E-state index in [1.165, 1.54) is 0 Å². The Morgan fingerprint density at radius 2 is 2.26 bits per heavy atom. The first-order valence-electron chi connectivity index (χ1n) is 5.72. The number of benzene rings is 1. The van der Waals surface area contributed by atoms with Crippen LogP contribution in [0.3, 0.4) is 0 Å². The zero-order valence-electron chi connectivity index (χ0n) is 10.7. The van der Waals surface area contributed by atoms with Gasteiger partial charge < -0.3 is 20.6 Å². The summed E-state index contributed by atoms with van der Waals surface area (Å²) in [6.45, 7) is 1.82. The first-order valence-corrected chi connectivity index (χ1v) is 5.72. The highest BCUT2D eigenvalue weighted by Gasteiger charge is 2.20. The van der Waals surface area contributed by atoms with Gasteiger partial charge in [-0.05, 0) is 19.1 Å². The van der Waals surface area contributed by atoms with Gasteiger partial charge in [0, 0.05) is 11.3 Å². The second-order valence-electron chi connectivity index (χ2n) is 4.14. The summed E-state index contributed by atoms with van der Waals surface area (Å²) >= 11 is 0. The molecule has 0 aliphatic rings. The van der Waals surface area contributed by atoms with Gasteiger partial charge in [0.05, 0.1) is 12.8 Å². The van der Waals surface area contributed by atoms with E-state index in [0.29, 0.717) is 11.4 Å². The van der Waals surface area contributed by atoms with Crippen LogP contribution < -0.4 is 10.5 Å². The van der Waals surface area contributed by atoms with E-state index in [-0.39, 0.29) is 5.82 Å². The van der Waals surface area contributed by atoms with E-state index < -0.39 is 12.0 Å². The molecule has 6 nitrogen and oxygen atoms in total. The number of hydrogen-bond donors (Lipinski definition) is 3. The van der Waals surface area contributed by atoms with Crippen LogP contribution in [0.15, 0.2) is 24.3 Å². The molecule has 1 aromatic heterocycles. The third-order valence-corrected chi connectivity index (χ3v) is 2.81. The number of imidazole rings is 1. The molecule has 100 valence electrons. The van der Waals surface area contributed by atoms with Crippen LogP contribution >= 0.6 is 0 Å². The zero-order valence-corrected chi connectivity index (χ0v) is 10.7. The number of H-pyrrole nitrogens is 1. The smallest absolute Gasteiger partial charge is 0.328 e. The number of aromatic nitrogens is 2. The minimum Gasteiger partial charge on any atom is -0.497 e. The van der Waals surface area contributed by atoms with E-state index in [2.05, 4.69) is 9.97 Å². The molecule has 4 N–H and O–H groups in total. The summed E-state index contributed by atoms with van der Waals surface area (Å²) in [5, 5.41) is 8.88. The van der Waals surface area contributed by atoms with Crippen LogP contribution in [0.4, 0.5) is 0 Å². The van der Waals surface area contributed by atoms with Crippen LogP contribution in [-0.4, -0.2) is 28.2 Å². The molecule has 0 radical (unpaired) electrons. The SMILES string of the molecule is COc1cccc(-c2nc(C(N)C(=O)O)[nH]c2C)c1. The van der Waals surface area contributed by atoms with Crippen LogP contribution in [-0.2, 0) is 4.79 Å². The van der Waals surface area contributed by atoms with Crippen molar-refractivity contribution >= 4 is 5.97 Å². The van der Waals surface area contributed by atoms with Crippen molar-refractivity contribution in [1.29, 1.82) is 0 Å². The Hall–Kier alpha value is -2.34. The number of aliphatic carboxylic acids is 1. The molecule has 1 heterocycles. The predicted octanol–water partition coefficient (Wildman–Crippen LogP) is 1.48. The quantitative estimate of drug-likeness (QED) is 0.773. The first-order chi connectivity index (χ1) is 9.02. The topological polar surface area (TPSA) is 101 Å². The fraction of sp³-hybridized carbons (Fsp3) is 0.231. The second-order valence-corrected chi connectivity index (χ2v) is 4.14. The van der Waals surface area contributed by atoms with Crippen molar-refractivity contribution in [3.05, 3.63) is 35.8 Å². The molecule has 1 unspecified atom stereocenters. The van der Waals surface area contributed by atoms with Gasteiger partial charge in [0.2, 0.25) is 0 Å². The minimum absolute atomic E-state index is 0.239. The van der Waals surface area contributed by atoms with Gasteiger partial charge in [-0.3, -0.25) is 4.79 Å². The monoisotopic (exact) mass is 261 g/mol. The molecule has 0 saturated heterocycles. The van der Waals surface area contributed by atoms with E-state index in [0.717, 1.165) is 11.3 Å². The predicted molar refractivity (Wildman–Crippen MR) is 69.9 cm³/mol. The zero-order chi connectivity index (χ0) is 14.0. The number of hydrogen-bond acceptors (Lipinski definition) is 4. The highest BCUT2D eigenvalue weighted by Crippen LogP contribution is 2.26. The highest BCUT2D eigenvalue weighted by molar-refractivity contribution is 5.74. The number of rotatable bonds is 4. The normalized spacial score (nSPS) is 12.2. The number of nitrogens with two attached hydrogens (primary N) is 1. The first kappa shape index (κ1) is 13.1. The van der Waals surface area contributed by atoms with Crippen molar-refractivity contribution in [3.8, 4) is 17.0 Å². The minimum atomic E-state index is -1.15. The highest BCUT2D eigenvalue weighted by atomic mass is 16.5. The van der Waals surface area contributed by atoms with Gasteiger partial charge in [0.1, 0.15) is 11.6 Å². The van der Waals surface area contributed by atoms with E-state index in [9.17, 15) is 4.79 Å². The average molecular weight is 261 g/mol. The number of carboxylic acid groups (broad SMARTS) is 1. The number of nitrogens with zero attached hydrogens (tertiary/aromatic N) is 1. The molecule has 2 aromatic rings. The largest absolute Gasteiger partial charge is 0.497 e. The van der Waals surface area contributed by atoms with E-state index in [4.69, 9.17) is 15.6 Å². The molecule has 0 spiro atoms. The van der Waals surface area contributed by atoms with E-state index >= 15 is 0 Å². The number of carboxylic acids is 1. The van der Waals surface area contributed by atoms with Crippen LogP contribution in [0.1, 0.15) is 17.6 Å². The molecule has 0 saturated carbocycles. The third kappa shape index (κ3) is 2.58. The van der Waals surface area contributed by atoms with Crippen LogP contribution in [0.25, 0.3) is 11.3 Å². The van der Waals surface area contributed by atoms with Gasteiger partial charge in [0.15, 0.2) is 6.04 Å². The van der Waals surface area contributed by atoms with Crippen molar-refractivity contribution in [1.82, 2.24) is 9.97 Å². The van der Waals surface area contributed by atoms with E-state index in [1.807, 2.05) is 31.2 Å². The molecule has 2 rings (SSSR count). The third-order valence-electron chi connectivity index (χ3n) is 2.81. The molecule has 0 fully saturated rings. The lowest BCUT2D eigenvalue weighted by molar-refractivity contribution is -0.138. The summed E-state index contributed by atoms with van der Waals surface area (Å²) in [6.07, 6.45) is 0. The van der Waals surface area contributed by atoms with Crippen LogP contribution in [0.5, 0.6) is 5.75 Å². The molecule has 0 bridgehead atoms. The molecular weight excluding hydrogens is 246 g/mol. The van der Waals surface area contributed by atoms with E-state index in [1.54, 1.807) is 7.11 Å². The summed E-state index contributed by atoms with van der Waals surface area (Å²) in [5.74, 6) is -0.169. The Kier molecular flexibility index (Phi) is 3.52. The maximum Gasteiger partial charge on any atom is 0.328 e. The maximum absolute atomic E-state index is 10.9. The number of nitrogens with one attached hydrogen (secondary N) is 1. The van der Waals surface area contributed by atoms with Gasteiger partial charge in [0.25, 0.3) is 0 Å². The van der Waals surface area contributed by atoms with Gasteiger partial charge in [-0.2, -0.15) is 0 Å². The summed E-state index contributed by atoms with van der Waals surface area (Å²) < 4.78 is 5.15. The lowest BCUT2D eigenvalue weighted by atomic mass is 10.1. The molecule has 0 aliphatic carbocycles. The van der Waals surface area contributed by atoms with Crippen LogP contribution in [0.2, 0.25) is 0 Å². The fourth-order valence-corrected chi connectivity index (χ4v) is 1.80. The lowest BCUT2D eigenvalue weighted by Gasteiger charge is -2.03. The van der Waals surface area contributed by atoms with Crippen molar-refractivity contribution in [2.24, 2.45) is 5.73 Å². The molecule has 0 amide bonds. The number of ether oxygens (including phenoxy) is 1. The molecule has 1 atom stereocenters. The van der Waals surface area contributed by atoms with Gasteiger partial charge in [-0.1, -0.05) is 12.1 Å². The molecular formula is C13H15N3O3. The summed E-state index contributed by atoms with van der Waals surface area (Å²) in [5.41, 5.74) is 7.82. The van der Waals surface area contributed by atoms with Crippen molar-refractivity contribution in [2.45, 2.75) is 13.0 Å². The molecule has 19 heavy (non-hydrogen) atoms. The van der Waals surface area contributed by atoms with Gasteiger partial charge >= 0.3 is 5.97 Å². The lowest BCUT2D eigenvalue weighted by Crippen LogP contribution is -2.21. The summed E-state index contributed by atoms with van der Waals surface area (Å²) in [7, 11) is 1.59. The van der Waals surface area contributed by atoms with Gasteiger partial charge in [-0.25, -0.2) is 4.98 Å². The Morgan fingerprint density at radius 1 is 1.53 bits per heavy atom. The van der Waals surface area contributed by atoms with Crippen molar-refractivity contribution in [3.63, 3.8) is 0 Å². The average Bonchev–Trinajstić information content (AvgIpc) is 2.79. The number of methoxy groups -OCH3 is 1. The molecule has 1 aromatic carbocycles.